The lowest BCUT2D eigenvalue weighted by Crippen LogP contribution is -2.00. The number of nitrogens with zero attached hydrogens (tertiary/aromatic N) is 1. The van der Waals surface area contributed by atoms with Crippen LogP contribution in [-0.4, -0.2) is 13.3 Å². The van der Waals surface area contributed by atoms with Crippen LogP contribution in [0.1, 0.15) is 11.1 Å². The Labute approximate surface area is 168 Å². The van der Waals surface area contributed by atoms with Crippen molar-refractivity contribution in [2.24, 2.45) is 5.10 Å². The number of ether oxygens (including phenoxy) is 2. The van der Waals surface area contributed by atoms with E-state index in [1.54, 1.807) is 31.5 Å². The Morgan fingerprint density at radius 2 is 1.67 bits per heavy atom. The van der Waals surface area contributed by atoms with E-state index in [9.17, 15) is 0 Å². The maximum atomic E-state index is 6.18. The van der Waals surface area contributed by atoms with Gasteiger partial charge in [-0.3, -0.25) is 5.43 Å². The van der Waals surface area contributed by atoms with Crippen LogP contribution in [-0.2, 0) is 6.61 Å². The molecule has 3 aromatic rings. The van der Waals surface area contributed by atoms with Crippen molar-refractivity contribution < 1.29 is 9.47 Å². The van der Waals surface area contributed by atoms with Gasteiger partial charge in [0.25, 0.3) is 0 Å². The minimum absolute atomic E-state index is 0.248. The fourth-order valence-electron chi connectivity index (χ4n) is 2.40. The summed E-state index contributed by atoms with van der Waals surface area (Å²) >= 11 is 12.4. The second kappa shape index (κ2) is 9.31. The maximum absolute atomic E-state index is 6.18. The monoisotopic (exact) mass is 400 g/mol. The first-order valence-electron chi connectivity index (χ1n) is 8.25. The number of halogens is 2. The third kappa shape index (κ3) is 5.16. The summed E-state index contributed by atoms with van der Waals surface area (Å²) in [7, 11) is 1.59. The van der Waals surface area contributed by atoms with Gasteiger partial charge in [-0.25, -0.2) is 0 Å². The standard InChI is InChI=1S/C21H18Cl2N2O2/c1-26-21-12-15(13-24-25-16-6-3-2-4-7-16)10-11-20(21)27-14-17-18(22)8-5-9-19(17)23/h2-13,25H,14H2,1H3. The van der Waals surface area contributed by atoms with Gasteiger partial charge in [-0.1, -0.05) is 47.5 Å². The van der Waals surface area contributed by atoms with E-state index in [2.05, 4.69) is 10.5 Å². The van der Waals surface area contributed by atoms with Gasteiger partial charge in [-0.2, -0.15) is 5.10 Å². The van der Waals surface area contributed by atoms with Crippen LogP contribution in [0.2, 0.25) is 10.0 Å². The van der Waals surface area contributed by atoms with Crippen LogP contribution in [0.4, 0.5) is 5.69 Å². The number of hydrogen-bond donors (Lipinski definition) is 1. The van der Waals surface area contributed by atoms with E-state index in [1.807, 2.05) is 48.5 Å². The fourth-order valence-corrected chi connectivity index (χ4v) is 2.90. The summed E-state index contributed by atoms with van der Waals surface area (Å²) in [6.07, 6.45) is 1.71. The number of nitrogens with one attached hydrogen (secondary N) is 1. The van der Waals surface area contributed by atoms with Gasteiger partial charge in [-0.05, 0) is 48.0 Å². The Kier molecular flexibility index (Phi) is 6.58. The summed E-state index contributed by atoms with van der Waals surface area (Å²) in [5.41, 5.74) is 5.50. The van der Waals surface area contributed by atoms with Crippen molar-refractivity contribution in [1.29, 1.82) is 0 Å². The van der Waals surface area contributed by atoms with Gasteiger partial charge in [0.1, 0.15) is 6.61 Å². The average molecular weight is 401 g/mol. The summed E-state index contributed by atoms with van der Waals surface area (Å²) in [4.78, 5) is 0. The van der Waals surface area contributed by atoms with E-state index in [0.717, 1.165) is 16.8 Å². The number of methoxy groups -OCH3 is 1. The first-order chi connectivity index (χ1) is 13.2. The molecule has 0 aliphatic carbocycles. The molecule has 0 aromatic heterocycles. The average Bonchev–Trinajstić information content (AvgIpc) is 2.69. The Hall–Kier alpha value is -2.69. The van der Waals surface area contributed by atoms with Crippen molar-refractivity contribution in [2.75, 3.05) is 12.5 Å². The first-order valence-corrected chi connectivity index (χ1v) is 9.01. The number of anilines is 1. The summed E-state index contributed by atoms with van der Waals surface area (Å²) in [6, 6.07) is 20.6. The third-order valence-electron chi connectivity index (χ3n) is 3.80. The van der Waals surface area contributed by atoms with Crippen LogP contribution in [0.3, 0.4) is 0 Å². The molecule has 0 heterocycles. The quantitative estimate of drug-likeness (QED) is 0.389. The molecule has 0 saturated heterocycles. The molecular weight excluding hydrogens is 383 g/mol. The predicted molar refractivity (Wildman–Crippen MR) is 111 cm³/mol. The Bertz CT molecular complexity index is 910. The second-order valence-electron chi connectivity index (χ2n) is 5.64. The van der Waals surface area contributed by atoms with E-state index in [1.165, 1.54) is 0 Å². The molecule has 3 rings (SSSR count). The molecule has 6 heteroatoms. The lowest BCUT2D eigenvalue weighted by atomic mass is 10.2. The predicted octanol–water partition coefficient (Wildman–Crippen LogP) is 6.03. The molecule has 0 saturated carbocycles. The molecule has 0 fully saturated rings. The minimum Gasteiger partial charge on any atom is -0.493 e. The molecule has 0 aliphatic rings. The maximum Gasteiger partial charge on any atom is 0.161 e. The zero-order chi connectivity index (χ0) is 19.1. The molecule has 3 aromatic carbocycles. The Morgan fingerprint density at radius 1 is 0.926 bits per heavy atom. The van der Waals surface area contributed by atoms with E-state index in [4.69, 9.17) is 32.7 Å². The largest absolute Gasteiger partial charge is 0.493 e. The number of hydrogen-bond acceptors (Lipinski definition) is 4. The van der Waals surface area contributed by atoms with Crippen LogP contribution in [0.5, 0.6) is 11.5 Å². The van der Waals surface area contributed by atoms with E-state index in [-0.39, 0.29) is 6.61 Å². The number of hydrazone groups is 1. The lowest BCUT2D eigenvalue weighted by Gasteiger charge is -2.13. The highest BCUT2D eigenvalue weighted by Crippen LogP contribution is 2.31. The number of benzene rings is 3. The van der Waals surface area contributed by atoms with Crippen molar-refractivity contribution in [1.82, 2.24) is 0 Å². The Balaban J connectivity index is 1.69. The molecule has 0 atom stereocenters. The SMILES string of the molecule is COc1cc(C=NNc2ccccc2)ccc1OCc1c(Cl)cccc1Cl. The van der Waals surface area contributed by atoms with E-state index < -0.39 is 0 Å². The minimum atomic E-state index is 0.248. The number of rotatable bonds is 7. The molecule has 138 valence electrons. The van der Waals surface area contributed by atoms with Gasteiger partial charge in [0.05, 0.1) is 19.0 Å². The highest BCUT2D eigenvalue weighted by atomic mass is 35.5. The van der Waals surface area contributed by atoms with Crippen molar-refractivity contribution in [2.45, 2.75) is 6.61 Å². The molecule has 0 unspecified atom stereocenters. The summed E-state index contributed by atoms with van der Waals surface area (Å²) in [6.45, 7) is 0.248. The highest BCUT2D eigenvalue weighted by Gasteiger charge is 2.09. The summed E-state index contributed by atoms with van der Waals surface area (Å²) < 4.78 is 11.3. The molecule has 0 radical (unpaired) electrons. The molecule has 4 nitrogen and oxygen atoms in total. The van der Waals surface area contributed by atoms with E-state index >= 15 is 0 Å². The highest BCUT2D eigenvalue weighted by molar-refractivity contribution is 6.35. The summed E-state index contributed by atoms with van der Waals surface area (Å²) in [5, 5.41) is 5.36. The lowest BCUT2D eigenvalue weighted by molar-refractivity contribution is 0.284. The van der Waals surface area contributed by atoms with Crippen LogP contribution in [0, 0.1) is 0 Å². The van der Waals surface area contributed by atoms with Gasteiger partial charge in [-0.15, -0.1) is 0 Å². The molecule has 0 aliphatic heterocycles. The summed E-state index contributed by atoms with van der Waals surface area (Å²) in [5.74, 6) is 1.20. The topological polar surface area (TPSA) is 42.8 Å². The molecule has 27 heavy (non-hydrogen) atoms. The van der Waals surface area contributed by atoms with Gasteiger partial charge in [0.15, 0.2) is 11.5 Å². The van der Waals surface area contributed by atoms with Crippen molar-refractivity contribution in [3.63, 3.8) is 0 Å². The van der Waals surface area contributed by atoms with Crippen LogP contribution >= 0.6 is 23.2 Å². The normalized spacial score (nSPS) is 10.8. The zero-order valence-electron chi connectivity index (χ0n) is 14.7. The third-order valence-corrected chi connectivity index (χ3v) is 4.51. The van der Waals surface area contributed by atoms with Crippen molar-refractivity contribution in [3.8, 4) is 11.5 Å². The molecule has 0 amide bonds. The van der Waals surface area contributed by atoms with E-state index in [0.29, 0.717) is 21.5 Å². The van der Waals surface area contributed by atoms with Crippen LogP contribution < -0.4 is 14.9 Å². The zero-order valence-corrected chi connectivity index (χ0v) is 16.2. The van der Waals surface area contributed by atoms with Crippen molar-refractivity contribution >= 4 is 35.1 Å². The Morgan fingerprint density at radius 3 is 2.37 bits per heavy atom. The fraction of sp³-hybridized carbons (Fsp3) is 0.0952. The second-order valence-corrected chi connectivity index (χ2v) is 6.45. The molecule has 0 spiro atoms. The number of para-hydroxylation sites is 1. The van der Waals surface area contributed by atoms with Crippen molar-refractivity contribution in [3.05, 3.63) is 87.9 Å². The van der Waals surface area contributed by atoms with Crippen LogP contribution in [0.15, 0.2) is 71.8 Å². The van der Waals surface area contributed by atoms with Gasteiger partial charge in [0, 0.05) is 15.6 Å². The molecule has 0 bridgehead atoms. The first kappa shape index (κ1) is 19.1. The van der Waals surface area contributed by atoms with Gasteiger partial charge >= 0.3 is 0 Å². The van der Waals surface area contributed by atoms with Gasteiger partial charge < -0.3 is 9.47 Å². The smallest absolute Gasteiger partial charge is 0.161 e. The van der Waals surface area contributed by atoms with Crippen LogP contribution in [0.25, 0.3) is 0 Å². The molecular formula is C21H18Cl2N2O2. The van der Waals surface area contributed by atoms with Gasteiger partial charge in [0.2, 0.25) is 0 Å². The molecule has 1 N–H and O–H groups in total.